The summed E-state index contributed by atoms with van der Waals surface area (Å²) in [6.45, 7) is 1.70. The van der Waals surface area contributed by atoms with Crippen LogP contribution in [0.1, 0.15) is 29.8 Å². The number of sulfone groups is 1. The highest BCUT2D eigenvalue weighted by Gasteiger charge is 2.14. The van der Waals surface area contributed by atoms with Crippen molar-refractivity contribution in [2.75, 3.05) is 6.26 Å². The molecule has 0 saturated carbocycles. The molecule has 1 aromatic carbocycles. The topological polar surface area (TPSA) is 87.5 Å². The van der Waals surface area contributed by atoms with Gasteiger partial charge < -0.3 is 10.2 Å². The molecule has 1 aromatic heterocycles. The molecule has 6 heteroatoms. The van der Waals surface area contributed by atoms with E-state index in [1.807, 2.05) is 6.07 Å². The maximum Gasteiger partial charge on any atom is 0.175 e. The highest BCUT2D eigenvalue weighted by atomic mass is 32.2. The molecule has 0 amide bonds. The van der Waals surface area contributed by atoms with Crippen LogP contribution in [0.15, 0.2) is 47.5 Å². The monoisotopic (exact) mass is 321 g/mol. The maximum absolute atomic E-state index is 11.4. The average Bonchev–Trinajstić information content (AvgIpc) is 2.46. The minimum Gasteiger partial charge on any atom is -0.393 e. The molecule has 2 unspecified atom stereocenters. The summed E-state index contributed by atoms with van der Waals surface area (Å²) >= 11 is 0. The molecule has 0 fully saturated rings. The van der Waals surface area contributed by atoms with Gasteiger partial charge in [0.1, 0.15) is 6.10 Å². The van der Waals surface area contributed by atoms with E-state index >= 15 is 0 Å². The second-order valence-electron chi connectivity index (χ2n) is 5.39. The number of benzene rings is 1. The van der Waals surface area contributed by atoms with Gasteiger partial charge >= 0.3 is 0 Å². The summed E-state index contributed by atoms with van der Waals surface area (Å²) in [6.07, 6.45) is 1.90. The lowest BCUT2D eigenvalue weighted by Crippen LogP contribution is -2.07. The number of aromatic nitrogens is 1. The van der Waals surface area contributed by atoms with Crippen LogP contribution in [0.3, 0.4) is 0 Å². The fourth-order valence-electron chi connectivity index (χ4n) is 2.13. The Bertz CT molecular complexity index is 722. The summed E-state index contributed by atoms with van der Waals surface area (Å²) in [5.74, 6) is 0. The molecule has 0 saturated heterocycles. The van der Waals surface area contributed by atoms with Crippen LogP contribution in [0.25, 0.3) is 0 Å². The van der Waals surface area contributed by atoms with Gasteiger partial charge in [-0.25, -0.2) is 8.42 Å². The van der Waals surface area contributed by atoms with E-state index in [4.69, 9.17) is 0 Å². The van der Waals surface area contributed by atoms with Crippen LogP contribution in [0, 0.1) is 0 Å². The molecule has 0 aliphatic heterocycles. The highest BCUT2D eigenvalue weighted by molar-refractivity contribution is 7.90. The zero-order valence-corrected chi connectivity index (χ0v) is 13.3. The third kappa shape index (κ3) is 4.13. The first-order valence-electron chi connectivity index (χ1n) is 6.88. The van der Waals surface area contributed by atoms with Crippen molar-refractivity contribution in [3.63, 3.8) is 0 Å². The van der Waals surface area contributed by atoms with Crippen molar-refractivity contribution in [2.24, 2.45) is 0 Å². The fraction of sp³-hybridized carbons (Fsp3) is 0.312. The summed E-state index contributed by atoms with van der Waals surface area (Å²) in [5, 5.41) is 19.6. The Morgan fingerprint density at radius 3 is 2.18 bits per heavy atom. The van der Waals surface area contributed by atoms with Gasteiger partial charge in [0.25, 0.3) is 0 Å². The molecule has 2 atom stereocenters. The Morgan fingerprint density at radius 2 is 1.73 bits per heavy atom. The summed E-state index contributed by atoms with van der Waals surface area (Å²) in [4.78, 5) is 4.41. The zero-order valence-electron chi connectivity index (χ0n) is 12.5. The first kappa shape index (κ1) is 16.6. The molecule has 0 aliphatic rings. The lowest BCUT2D eigenvalue weighted by molar-refractivity contribution is 0.195. The van der Waals surface area contributed by atoms with Crippen molar-refractivity contribution >= 4 is 9.84 Å². The number of hydrogen-bond donors (Lipinski definition) is 2. The summed E-state index contributed by atoms with van der Waals surface area (Å²) in [6, 6.07) is 9.60. The number of hydrogen-bond acceptors (Lipinski definition) is 5. The Labute approximate surface area is 130 Å². The van der Waals surface area contributed by atoms with Crippen LogP contribution in [0.5, 0.6) is 0 Å². The Morgan fingerprint density at radius 1 is 1.09 bits per heavy atom. The third-order valence-corrected chi connectivity index (χ3v) is 4.41. The molecule has 0 aliphatic carbocycles. The van der Waals surface area contributed by atoms with Gasteiger partial charge in [0, 0.05) is 12.5 Å². The first-order chi connectivity index (χ1) is 10.3. The Hall–Kier alpha value is -1.76. The van der Waals surface area contributed by atoms with Crippen LogP contribution in [-0.4, -0.2) is 36.0 Å². The number of aliphatic hydroxyl groups is 2. The van der Waals surface area contributed by atoms with Gasteiger partial charge in [0.2, 0.25) is 0 Å². The van der Waals surface area contributed by atoms with Crippen LogP contribution < -0.4 is 0 Å². The van der Waals surface area contributed by atoms with E-state index in [0.29, 0.717) is 17.7 Å². The number of nitrogens with zero attached hydrogens (tertiary/aromatic N) is 1. The zero-order chi connectivity index (χ0) is 16.3. The average molecular weight is 321 g/mol. The number of rotatable bonds is 5. The van der Waals surface area contributed by atoms with Gasteiger partial charge in [0.15, 0.2) is 9.84 Å². The van der Waals surface area contributed by atoms with Crippen LogP contribution in [0.2, 0.25) is 0 Å². The van der Waals surface area contributed by atoms with E-state index in [0.717, 1.165) is 11.8 Å². The molecule has 5 nitrogen and oxygen atoms in total. The van der Waals surface area contributed by atoms with Gasteiger partial charge in [-0.3, -0.25) is 4.98 Å². The van der Waals surface area contributed by atoms with Crippen LogP contribution in [0.4, 0.5) is 0 Å². The van der Waals surface area contributed by atoms with E-state index in [2.05, 4.69) is 4.98 Å². The molecule has 0 radical (unpaired) electrons. The molecule has 0 bridgehead atoms. The van der Waals surface area contributed by atoms with Crippen molar-refractivity contribution in [2.45, 2.75) is 30.4 Å². The van der Waals surface area contributed by atoms with Gasteiger partial charge in [-0.15, -0.1) is 0 Å². The van der Waals surface area contributed by atoms with Crippen molar-refractivity contribution in [1.29, 1.82) is 0 Å². The van der Waals surface area contributed by atoms with Crippen molar-refractivity contribution in [1.82, 2.24) is 4.98 Å². The van der Waals surface area contributed by atoms with E-state index in [1.165, 1.54) is 12.1 Å². The predicted octanol–water partition coefficient (Wildman–Crippen LogP) is 1.49. The maximum atomic E-state index is 11.4. The Kier molecular flexibility index (Phi) is 4.95. The Balaban J connectivity index is 2.19. The number of pyridine rings is 1. The smallest absolute Gasteiger partial charge is 0.175 e. The van der Waals surface area contributed by atoms with Gasteiger partial charge in [0.05, 0.1) is 16.7 Å². The lowest BCUT2D eigenvalue weighted by atomic mass is 10.0. The van der Waals surface area contributed by atoms with E-state index in [1.54, 1.807) is 31.3 Å². The molecular formula is C16H19NO4S. The molecule has 1 heterocycles. The summed E-state index contributed by atoms with van der Waals surface area (Å²) in [5.41, 5.74) is 1.93. The minimum atomic E-state index is -3.25. The summed E-state index contributed by atoms with van der Waals surface area (Å²) in [7, 11) is -3.25. The highest BCUT2D eigenvalue weighted by Crippen LogP contribution is 2.22. The molecular weight excluding hydrogens is 302 g/mol. The molecule has 0 spiro atoms. The second kappa shape index (κ2) is 6.56. The minimum absolute atomic E-state index is 0.212. The van der Waals surface area contributed by atoms with E-state index < -0.39 is 22.0 Å². The van der Waals surface area contributed by atoms with Gasteiger partial charge in [-0.1, -0.05) is 18.2 Å². The molecule has 22 heavy (non-hydrogen) atoms. The summed E-state index contributed by atoms with van der Waals surface area (Å²) < 4.78 is 22.8. The quantitative estimate of drug-likeness (QED) is 0.871. The fourth-order valence-corrected chi connectivity index (χ4v) is 2.76. The predicted molar refractivity (Wildman–Crippen MR) is 83.2 cm³/mol. The molecule has 2 rings (SSSR count). The van der Waals surface area contributed by atoms with E-state index in [-0.39, 0.29) is 4.90 Å². The van der Waals surface area contributed by atoms with E-state index in [9.17, 15) is 18.6 Å². The van der Waals surface area contributed by atoms with Gasteiger partial charge in [-0.2, -0.15) is 0 Å². The largest absolute Gasteiger partial charge is 0.393 e. The molecule has 2 aromatic rings. The van der Waals surface area contributed by atoms with Gasteiger partial charge in [-0.05, 0) is 42.7 Å². The lowest BCUT2D eigenvalue weighted by Gasteiger charge is -2.12. The number of aliphatic hydroxyl groups excluding tert-OH is 2. The third-order valence-electron chi connectivity index (χ3n) is 3.28. The van der Waals surface area contributed by atoms with Crippen molar-refractivity contribution in [3.05, 3.63) is 59.4 Å². The SMILES string of the molecule is CC(O)Cc1ccc(C(O)c2ccc(S(C)(=O)=O)cc2)nc1. The first-order valence-corrected chi connectivity index (χ1v) is 8.77. The normalized spacial score (nSPS) is 14.5. The molecule has 118 valence electrons. The van der Waals surface area contributed by atoms with Crippen LogP contribution >= 0.6 is 0 Å². The standard InChI is InChI=1S/C16H19NO4S/c1-11(18)9-12-3-8-15(17-10-12)16(19)13-4-6-14(7-5-13)22(2,20)21/h3-8,10-11,16,18-19H,9H2,1-2H3. The van der Waals surface area contributed by atoms with Crippen molar-refractivity contribution < 1.29 is 18.6 Å². The molecule has 2 N–H and O–H groups in total. The second-order valence-corrected chi connectivity index (χ2v) is 7.40. The van der Waals surface area contributed by atoms with Crippen LogP contribution in [-0.2, 0) is 16.3 Å². The van der Waals surface area contributed by atoms with Crippen molar-refractivity contribution in [3.8, 4) is 0 Å².